The summed E-state index contributed by atoms with van der Waals surface area (Å²) in [5.74, 6) is 2.56. The molecule has 0 N–H and O–H groups in total. The van der Waals surface area contributed by atoms with E-state index in [2.05, 4.69) is 0 Å². The Morgan fingerprint density at radius 2 is 1.48 bits per heavy atom. The fourth-order valence-electron chi connectivity index (χ4n) is 3.65. The highest BCUT2D eigenvalue weighted by Gasteiger charge is 2.31. The summed E-state index contributed by atoms with van der Waals surface area (Å²) in [5, 5.41) is 0. The van der Waals surface area contributed by atoms with Gasteiger partial charge in [-0.15, -0.1) is 0 Å². The fraction of sp³-hybridized carbons (Fsp3) is 0.435. The minimum absolute atomic E-state index is 0.0108. The van der Waals surface area contributed by atoms with Crippen molar-refractivity contribution in [2.45, 2.75) is 26.1 Å². The molecule has 2 heterocycles. The molecule has 0 atom stereocenters. The van der Waals surface area contributed by atoms with E-state index in [1.54, 1.807) is 0 Å². The molecule has 0 bridgehead atoms. The summed E-state index contributed by atoms with van der Waals surface area (Å²) in [6, 6.07) is 15.2. The number of aryl methyl sites for hydroxylation is 1. The normalized spacial score (nSPS) is 18.0. The Morgan fingerprint density at radius 3 is 2.10 bits per heavy atom. The van der Waals surface area contributed by atoms with Gasteiger partial charge in [0.25, 0.3) is 5.91 Å². The second-order valence-corrected chi connectivity index (χ2v) is 7.50. The molecule has 29 heavy (non-hydrogen) atoms. The van der Waals surface area contributed by atoms with Crippen LogP contribution in [0.25, 0.3) is 0 Å². The van der Waals surface area contributed by atoms with Crippen LogP contribution in [-0.2, 0) is 14.3 Å². The molecular weight excluding hydrogens is 370 g/mol. The Labute approximate surface area is 171 Å². The molecule has 6 heteroatoms. The number of carbonyl (C=O) groups excluding carboxylic acids is 1. The lowest BCUT2D eigenvalue weighted by Crippen LogP contribution is -2.43. The van der Waals surface area contributed by atoms with E-state index in [-0.39, 0.29) is 18.8 Å². The number of amides is 1. The molecule has 0 saturated carbocycles. The fourth-order valence-corrected chi connectivity index (χ4v) is 3.65. The van der Waals surface area contributed by atoms with E-state index in [9.17, 15) is 4.79 Å². The molecule has 0 unspecified atom stereocenters. The molecule has 0 radical (unpaired) electrons. The SMILES string of the molecule is Cc1ccc(Oc2ccc(OCC(=O)N3CCC(C4OCCO4)CC3)cc2)cc1. The number of ether oxygens (including phenoxy) is 4. The summed E-state index contributed by atoms with van der Waals surface area (Å²) in [6.07, 6.45) is 1.72. The van der Waals surface area contributed by atoms with E-state index >= 15 is 0 Å². The van der Waals surface area contributed by atoms with E-state index in [4.69, 9.17) is 18.9 Å². The van der Waals surface area contributed by atoms with Gasteiger partial charge in [0.2, 0.25) is 0 Å². The highest BCUT2D eigenvalue weighted by Crippen LogP contribution is 2.26. The van der Waals surface area contributed by atoms with Gasteiger partial charge in [-0.2, -0.15) is 0 Å². The van der Waals surface area contributed by atoms with E-state index in [1.165, 1.54) is 5.56 Å². The van der Waals surface area contributed by atoms with Gasteiger partial charge in [0.05, 0.1) is 13.2 Å². The second kappa shape index (κ2) is 9.29. The maximum absolute atomic E-state index is 12.4. The minimum atomic E-state index is -0.0934. The zero-order valence-corrected chi connectivity index (χ0v) is 16.7. The third-order valence-electron chi connectivity index (χ3n) is 5.37. The van der Waals surface area contributed by atoms with Crippen molar-refractivity contribution in [3.05, 3.63) is 54.1 Å². The third-order valence-corrected chi connectivity index (χ3v) is 5.37. The molecule has 154 valence electrons. The van der Waals surface area contributed by atoms with Gasteiger partial charge in [-0.25, -0.2) is 0 Å². The van der Waals surface area contributed by atoms with Crippen LogP contribution in [-0.4, -0.2) is 50.0 Å². The summed E-state index contributed by atoms with van der Waals surface area (Å²) in [6.45, 7) is 4.87. The van der Waals surface area contributed by atoms with Crippen LogP contribution in [0.15, 0.2) is 48.5 Å². The first-order chi connectivity index (χ1) is 14.2. The second-order valence-electron chi connectivity index (χ2n) is 7.50. The molecule has 2 aromatic carbocycles. The summed E-state index contributed by atoms with van der Waals surface area (Å²) in [7, 11) is 0. The summed E-state index contributed by atoms with van der Waals surface area (Å²) in [5.41, 5.74) is 1.19. The molecule has 0 aromatic heterocycles. The minimum Gasteiger partial charge on any atom is -0.484 e. The van der Waals surface area contributed by atoms with Crippen LogP contribution in [0.4, 0.5) is 0 Å². The molecule has 2 aliphatic rings. The first-order valence-corrected chi connectivity index (χ1v) is 10.2. The standard InChI is InChI=1S/C23H27NO5/c1-17-2-4-20(5-3-17)29-21-8-6-19(7-9-21)28-16-22(25)24-12-10-18(11-13-24)23-26-14-15-27-23/h2-9,18,23H,10-16H2,1H3. The number of rotatable bonds is 6. The highest BCUT2D eigenvalue weighted by molar-refractivity contribution is 5.77. The van der Waals surface area contributed by atoms with Crippen LogP contribution in [0.5, 0.6) is 17.2 Å². The van der Waals surface area contributed by atoms with Crippen molar-refractivity contribution in [3.8, 4) is 17.2 Å². The summed E-state index contributed by atoms with van der Waals surface area (Å²) in [4.78, 5) is 14.3. The predicted octanol–water partition coefficient (Wildman–Crippen LogP) is 3.78. The molecule has 6 nitrogen and oxygen atoms in total. The van der Waals surface area contributed by atoms with E-state index in [1.807, 2.05) is 60.4 Å². The van der Waals surface area contributed by atoms with Gasteiger partial charge >= 0.3 is 0 Å². The van der Waals surface area contributed by atoms with Gasteiger partial charge in [0, 0.05) is 19.0 Å². The van der Waals surface area contributed by atoms with Crippen molar-refractivity contribution in [2.75, 3.05) is 32.9 Å². The molecule has 2 saturated heterocycles. The molecular formula is C23H27NO5. The van der Waals surface area contributed by atoms with Crippen LogP contribution in [0, 0.1) is 12.8 Å². The van der Waals surface area contributed by atoms with Gasteiger partial charge in [0.1, 0.15) is 17.2 Å². The van der Waals surface area contributed by atoms with Crippen molar-refractivity contribution in [1.29, 1.82) is 0 Å². The lowest BCUT2D eigenvalue weighted by Gasteiger charge is -2.33. The molecule has 1 amide bonds. The van der Waals surface area contributed by atoms with Crippen molar-refractivity contribution >= 4 is 5.91 Å². The molecule has 0 aliphatic carbocycles. The zero-order chi connectivity index (χ0) is 20.1. The molecule has 2 aliphatic heterocycles. The molecule has 0 spiro atoms. The quantitative estimate of drug-likeness (QED) is 0.743. The topological polar surface area (TPSA) is 57.2 Å². The average Bonchev–Trinajstić information content (AvgIpc) is 3.30. The molecule has 4 rings (SSSR count). The number of hydrogen-bond acceptors (Lipinski definition) is 5. The van der Waals surface area contributed by atoms with Crippen LogP contribution >= 0.6 is 0 Å². The van der Waals surface area contributed by atoms with E-state index in [0.717, 1.165) is 37.4 Å². The summed E-state index contributed by atoms with van der Waals surface area (Å²) < 4.78 is 22.7. The van der Waals surface area contributed by atoms with Crippen molar-refractivity contribution < 1.29 is 23.7 Å². The average molecular weight is 397 g/mol. The van der Waals surface area contributed by atoms with E-state index < -0.39 is 0 Å². The lowest BCUT2D eigenvalue weighted by atomic mass is 9.96. The molecule has 2 fully saturated rings. The Bertz CT molecular complexity index is 791. The van der Waals surface area contributed by atoms with E-state index in [0.29, 0.717) is 24.9 Å². The third kappa shape index (κ3) is 5.28. The maximum atomic E-state index is 12.4. The zero-order valence-electron chi connectivity index (χ0n) is 16.7. The number of benzene rings is 2. The Kier molecular flexibility index (Phi) is 6.32. The van der Waals surface area contributed by atoms with Crippen LogP contribution < -0.4 is 9.47 Å². The predicted molar refractivity (Wildman–Crippen MR) is 108 cm³/mol. The first-order valence-electron chi connectivity index (χ1n) is 10.2. The Morgan fingerprint density at radius 1 is 0.931 bits per heavy atom. The largest absolute Gasteiger partial charge is 0.484 e. The van der Waals surface area contributed by atoms with Crippen molar-refractivity contribution in [1.82, 2.24) is 4.90 Å². The van der Waals surface area contributed by atoms with Gasteiger partial charge in [-0.1, -0.05) is 17.7 Å². The van der Waals surface area contributed by atoms with Crippen LogP contribution in [0.1, 0.15) is 18.4 Å². The first kappa shape index (κ1) is 19.7. The van der Waals surface area contributed by atoms with Gasteiger partial charge in [0.15, 0.2) is 12.9 Å². The Hall–Kier alpha value is -2.57. The number of likely N-dealkylation sites (tertiary alicyclic amines) is 1. The monoisotopic (exact) mass is 397 g/mol. The van der Waals surface area contributed by atoms with Crippen LogP contribution in [0.2, 0.25) is 0 Å². The number of carbonyl (C=O) groups is 1. The summed E-state index contributed by atoms with van der Waals surface area (Å²) >= 11 is 0. The Balaban J connectivity index is 1.21. The smallest absolute Gasteiger partial charge is 0.260 e. The number of nitrogens with zero attached hydrogens (tertiary/aromatic N) is 1. The van der Waals surface area contributed by atoms with Gasteiger partial charge in [-0.3, -0.25) is 4.79 Å². The number of hydrogen-bond donors (Lipinski definition) is 0. The number of piperidine rings is 1. The lowest BCUT2D eigenvalue weighted by molar-refractivity contribution is -0.138. The van der Waals surface area contributed by atoms with Gasteiger partial charge in [-0.05, 0) is 56.2 Å². The van der Waals surface area contributed by atoms with Crippen molar-refractivity contribution in [3.63, 3.8) is 0 Å². The maximum Gasteiger partial charge on any atom is 0.260 e. The molecule has 2 aromatic rings. The van der Waals surface area contributed by atoms with Crippen molar-refractivity contribution in [2.24, 2.45) is 5.92 Å². The van der Waals surface area contributed by atoms with Crippen LogP contribution in [0.3, 0.4) is 0 Å². The van der Waals surface area contributed by atoms with Gasteiger partial charge < -0.3 is 23.8 Å². The highest BCUT2D eigenvalue weighted by atomic mass is 16.7.